The van der Waals surface area contributed by atoms with Gasteiger partial charge < -0.3 is 15.5 Å². The summed E-state index contributed by atoms with van der Waals surface area (Å²) in [4.78, 5) is 9.40. The molecule has 0 aliphatic heterocycles. The number of hydrogen-bond acceptors (Lipinski definition) is 3. The first kappa shape index (κ1) is 7.39. The van der Waals surface area contributed by atoms with E-state index in [-0.39, 0.29) is 13.2 Å². The minimum atomic E-state index is -0.864. The van der Waals surface area contributed by atoms with Crippen LogP contribution in [-0.4, -0.2) is 35.9 Å². The van der Waals surface area contributed by atoms with Crippen LogP contribution in [0, 0.1) is 0 Å². The van der Waals surface area contributed by atoms with Crippen molar-refractivity contribution in [1.82, 2.24) is 5.32 Å². The maximum Gasteiger partial charge on any atom is 0.309 e. The van der Waals surface area contributed by atoms with Crippen molar-refractivity contribution in [2.24, 2.45) is 0 Å². The van der Waals surface area contributed by atoms with Gasteiger partial charge in [0.1, 0.15) is 0 Å². The first-order valence-electron chi connectivity index (χ1n) is 2.20. The normalized spacial score (nSPS) is 12.8. The third-order valence-electron chi connectivity index (χ3n) is 0.621. The molecule has 0 heterocycles. The predicted octanol–water partition coefficient (Wildman–Crippen LogP) is -2.00. The Hall–Kier alpha value is -0.610. The fraction of sp³-hybridized carbons (Fsp3) is 0.750. The van der Waals surface area contributed by atoms with Gasteiger partial charge in [-0.2, -0.15) is 0 Å². The van der Waals surface area contributed by atoms with Crippen LogP contribution < -0.4 is 5.32 Å². The molecule has 3 N–H and O–H groups in total. The number of hydrogen-bond donors (Lipinski definition) is 3. The minimum absolute atomic E-state index is 0.0556. The molecule has 0 spiro atoms. The molecule has 4 nitrogen and oxygen atoms in total. The third-order valence-corrected chi connectivity index (χ3v) is 0.621. The standard InChI is InChI=1S/C4H8NO3/c6-2-4(8)1-5-3-7/h4,6,8H,1-2H2,(H,5,7). The molecule has 0 bridgehead atoms. The summed E-state index contributed by atoms with van der Waals surface area (Å²) in [7, 11) is 0. The predicted molar refractivity (Wildman–Crippen MR) is 26.8 cm³/mol. The highest BCUT2D eigenvalue weighted by molar-refractivity contribution is 5.46. The van der Waals surface area contributed by atoms with Crippen LogP contribution in [0.25, 0.3) is 0 Å². The van der Waals surface area contributed by atoms with Crippen molar-refractivity contribution in [1.29, 1.82) is 0 Å². The Balaban J connectivity index is 2.97. The summed E-state index contributed by atoms with van der Waals surface area (Å²) in [6.45, 7) is -0.283. The van der Waals surface area contributed by atoms with Crippen LogP contribution in [0.15, 0.2) is 0 Å². The van der Waals surface area contributed by atoms with E-state index < -0.39 is 6.10 Å². The maximum absolute atomic E-state index is 9.40. The van der Waals surface area contributed by atoms with Gasteiger partial charge in [-0.1, -0.05) is 0 Å². The molecule has 4 heteroatoms. The lowest BCUT2D eigenvalue weighted by molar-refractivity contribution is 0.0981. The summed E-state index contributed by atoms with van der Waals surface area (Å²) in [5, 5.41) is 18.7. The van der Waals surface area contributed by atoms with Crippen molar-refractivity contribution in [2.45, 2.75) is 6.10 Å². The monoisotopic (exact) mass is 118 g/mol. The molecule has 47 valence electrons. The average Bonchev–Trinajstić information content (AvgIpc) is 1.83. The lowest BCUT2D eigenvalue weighted by Gasteiger charge is -2.02. The van der Waals surface area contributed by atoms with Crippen molar-refractivity contribution in [3.63, 3.8) is 0 Å². The molecule has 1 atom stereocenters. The molecule has 1 radical (unpaired) electrons. The molecule has 0 rings (SSSR count). The summed E-state index contributed by atoms with van der Waals surface area (Å²) < 4.78 is 0. The zero-order valence-electron chi connectivity index (χ0n) is 4.29. The SMILES string of the molecule is O=[C]NCC(O)CO. The minimum Gasteiger partial charge on any atom is -0.394 e. The van der Waals surface area contributed by atoms with Gasteiger partial charge in [0, 0.05) is 6.54 Å². The molecule has 0 aliphatic carbocycles. The first-order chi connectivity index (χ1) is 3.81. The molecule has 0 aromatic rings. The number of aliphatic hydroxyl groups is 2. The van der Waals surface area contributed by atoms with Crippen LogP contribution in [0.4, 0.5) is 0 Å². The molecular weight excluding hydrogens is 110 g/mol. The van der Waals surface area contributed by atoms with Crippen molar-refractivity contribution >= 4 is 6.41 Å². The largest absolute Gasteiger partial charge is 0.394 e. The second-order valence-corrected chi connectivity index (χ2v) is 1.32. The Morgan fingerprint density at radius 2 is 2.38 bits per heavy atom. The molecule has 0 aromatic heterocycles. The molecule has 0 aliphatic rings. The number of rotatable bonds is 4. The second kappa shape index (κ2) is 4.55. The van der Waals surface area contributed by atoms with E-state index in [2.05, 4.69) is 5.32 Å². The Morgan fingerprint density at radius 1 is 1.75 bits per heavy atom. The van der Waals surface area contributed by atoms with E-state index in [1.807, 2.05) is 0 Å². The Kier molecular flexibility index (Phi) is 4.20. The van der Waals surface area contributed by atoms with E-state index in [1.165, 1.54) is 6.41 Å². The quantitative estimate of drug-likeness (QED) is 0.374. The van der Waals surface area contributed by atoms with Gasteiger partial charge in [-0.3, -0.25) is 4.79 Å². The summed E-state index contributed by atoms with van der Waals surface area (Å²) in [6, 6.07) is 0. The summed E-state index contributed by atoms with van der Waals surface area (Å²) >= 11 is 0. The Bertz CT molecular complexity index is 66.3. The fourth-order valence-electron chi connectivity index (χ4n) is 0.224. The average molecular weight is 118 g/mol. The van der Waals surface area contributed by atoms with Crippen molar-refractivity contribution in [2.75, 3.05) is 13.2 Å². The van der Waals surface area contributed by atoms with Crippen LogP contribution in [-0.2, 0) is 4.79 Å². The van der Waals surface area contributed by atoms with Crippen LogP contribution in [0.3, 0.4) is 0 Å². The zero-order valence-corrected chi connectivity index (χ0v) is 4.29. The smallest absolute Gasteiger partial charge is 0.309 e. The van der Waals surface area contributed by atoms with Gasteiger partial charge >= 0.3 is 6.41 Å². The fourth-order valence-corrected chi connectivity index (χ4v) is 0.224. The maximum atomic E-state index is 9.40. The highest BCUT2D eigenvalue weighted by Crippen LogP contribution is 1.72. The summed E-state index contributed by atoms with van der Waals surface area (Å²) in [5.74, 6) is 0. The van der Waals surface area contributed by atoms with Gasteiger partial charge in [0.15, 0.2) is 0 Å². The molecule has 1 unspecified atom stereocenters. The number of nitrogens with one attached hydrogen (secondary N) is 1. The molecule has 1 amide bonds. The number of carbonyl (C=O) groups excluding carboxylic acids is 1. The lowest BCUT2D eigenvalue weighted by Crippen LogP contribution is -2.28. The van der Waals surface area contributed by atoms with Crippen molar-refractivity contribution in [3.8, 4) is 0 Å². The lowest BCUT2D eigenvalue weighted by atomic mass is 10.4. The molecule has 0 saturated carbocycles. The third kappa shape index (κ3) is 3.58. The number of amides is 1. The van der Waals surface area contributed by atoms with E-state index in [0.29, 0.717) is 0 Å². The van der Waals surface area contributed by atoms with Crippen molar-refractivity contribution < 1.29 is 15.0 Å². The van der Waals surface area contributed by atoms with E-state index in [4.69, 9.17) is 10.2 Å². The van der Waals surface area contributed by atoms with Gasteiger partial charge in [-0.15, -0.1) is 0 Å². The van der Waals surface area contributed by atoms with Gasteiger partial charge in [0.2, 0.25) is 0 Å². The van der Waals surface area contributed by atoms with E-state index >= 15 is 0 Å². The van der Waals surface area contributed by atoms with Gasteiger partial charge in [0.25, 0.3) is 0 Å². The zero-order chi connectivity index (χ0) is 6.41. The van der Waals surface area contributed by atoms with Gasteiger partial charge in [-0.25, -0.2) is 0 Å². The molecular formula is C4H8NO3. The van der Waals surface area contributed by atoms with Crippen LogP contribution in [0.2, 0.25) is 0 Å². The van der Waals surface area contributed by atoms with Crippen LogP contribution in [0.5, 0.6) is 0 Å². The van der Waals surface area contributed by atoms with Gasteiger partial charge in [-0.05, 0) is 0 Å². The van der Waals surface area contributed by atoms with E-state index in [1.54, 1.807) is 0 Å². The molecule has 0 aromatic carbocycles. The molecule has 8 heavy (non-hydrogen) atoms. The summed E-state index contributed by atoms with van der Waals surface area (Å²) in [6.07, 6.45) is 0.497. The van der Waals surface area contributed by atoms with E-state index in [9.17, 15) is 4.79 Å². The Labute approximate surface area is 47.1 Å². The highest BCUT2D eigenvalue weighted by Gasteiger charge is 1.97. The second-order valence-electron chi connectivity index (χ2n) is 1.32. The molecule has 0 fully saturated rings. The highest BCUT2D eigenvalue weighted by atomic mass is 16.3. The number of aliphatic hydroxyl groups excluding tert-OH is 2. The molecule has 0 saturated heterocycles. The summed E-state index contributed by atoms with van der Waals surface area (Å²) in [5.41, 5.74) is 0. The van der Waals surface area contributed by atoms with Gasteiger partial charge in [0.05, 0.1) is 12.7 Å². The van der Waals surface area contributed by atoms with Crippen molar-refractivity contribution in [3.05, 3.63) is 0 Å². The van der Waals surface area contributed by atoms with Crippen LogP contribution >= 0.6 is 0 Å². The Morgan fingerprint density at radius 3 is 2.75 bits per heavy atom. The van der Waals surface area contributed by atoms with Crippen LogP contribution in [0.1, 0.15) is 0 Å². The van der Waals surface area contributed by atoms with E-state index in [0.717, 1.165) is 0 Å². The topological polar surface area (TPSA) is 69.6 Å². The first-order valence-corrected chi connectivity index (χ1v) is 2.20.